The van der Waals surface area contributed by atoms with Crippen molar-refractivity contribution in [2.24, 2.45) is 13.0 Å². The number of aromatic nitrogens is 3. The van der Waals surface area contributed by atoms with Crippen LogP contribution in [0.2, 0.25) is 0 Å². The van der Waals surface area contributed by atoms with E-state index in [0.29, 0.717) is 0 Å². The van der Waals surface area contributed by atoms with E-state index < -0.39 is 5.60 Å². The highest BCUT2D eigenvalue weighted by Gasteiger charge is 2.30. The van der Waals surface area contributed by atoms with Gasteiger partial charge in [0.1, 0.15) is 5.60 Å². The van der Waals surface area contributed by atoms with Gasteiger partial charge in [0.2, 0.25) is 0 Å². The maximum absolute atomic E-state index is 10.0. The second-order valence-electron chi connectivity index (χ2n) is 3.55. The van der Waals surface area contributed by atoms with Crippen LogP contribution in [0, 0.1) is 5.92 Å². The summed E-state index contributed by atoms with van der Waals surface area (Å²) < 4.78 is 1.60. The Hall–Kier alpha value is -0.900. The van der Waals surface area contributed by atoms with Crippen molar-refractivity contribution in [3.05, 3.63) is 11.9 Å². The molecule has 1 rings (SSSR count). The first-order valence-electron chi connectivity index (χ1n) is 4.03. The first kappa shape index (κ1) is 9.19. The summed E-state index contributed by atoms with van der Waals surface area (Å²) in [6.07, 6.45) is 1.60. The average molecular weight is 169 g/mol. The third kappa shape index (κ3) is 1.34. The van der Waals surface area contributed by atoms with Gasteiger partial charge in [-0.15, -0.1) is 5.10 Å². The van der Waals surface area contributed by atoms with E-state index >= 15 is 0 Å². The van der Waals surface area contributed by atoms with Crippen LogP contribution in [0.15, 0.2) is 6.20 Å². The maximum atomic E-state index is 10.0. The Bertz CT molecular complexity index is 265. The molecule has 1 N–H and O–H groups in total. The molecule has 0 aliphatic carbocycles. The Morgan fingerprint density at radius 3 is 2.50 bits per heavy atom. The van der Waals surface area contributed by atoms with E-state index in [4.69, 9.17) is 0 Å². The molecule has 1 aromatic heterocycles. The molecule has 12 heavy (non-hydrogen) atoms. The predicted molar refractivity (Wildman–Crippen MR) is 45.4 cm³/mol. The molecule has 0 saturated carbocycles. The van der Waals surface area contributed by atoms with Crippen molar-refractivity contribution in [2.75, 3.05) is 0 Å². The molecule has 1 aromatic rings. The standard InChI is InChI=1S/C8H15N3O/c1-6(2)8(3,12)7-5-9-10-11(7)4/h5-6,12H,1-4H3. The zero-order valence-corrected chi connectivity index (χ0v) is 7.94. The molecule has 0 saturated heterocycles. The molecule has 0 bridgehead atoms. The molecule has 0 aliphatic rings. The van der Waals surface area contributed by atoms with Crippen LogP contribution in [-0.2, 0) is 12.6 Å². The van der Waals surface area contributed by atoms with Gasteiger partial charge >= 0.3 is 0 Å². The fraction of sp³-hybridized carbons (Fsp3) is 0.750. The van der Waals surface area contributed by atoms with Crippen LogP contribution in [0.25, 0.3) is 0 Å². The van der Waals surface area contributed by atoms with Gasteiger partial charge in [-0.25, -0.2) is 4.68 Å². The van der Waals surface area contributed by atoms with Crippen LogP contribution in [0.1, 0.15) is 26.5 Å². The highest BCUT2D eigenvalue weighted by atomic mass is 16.3. The van der Waals surface area contributed by atoms with E-state index in [0.717, 1.165) is 5.69 Å². The minimum Gasteiger partial charge on any atom is -0.384 e. The quantitative estimate of drug-likeness (QED) is 0.708. The topological polar surface area (TPSA) is 50.9 Å². The Morgan fingerprint density at radius 2 is 2.17 bits per heavy atom. The number of hydrogen-bond donors (Lipinski definition) is 1. The first-order valence-corrected chi connectivity index (χ1v) is 4.03. The van der Waals surface area contributed by atoms with Gasteiger partial charge in [-0.05, 0) is 12.8 Å². The fourth-order valence-electron chi connectivity index (χ4n) is 1.04. The molecule has 4 nitrogen and oxygen atoms in total. The van der Waals surface area contributed by atoms with Crippen molar-refractivity contribution in [3.8, 4) is 0 Å². The zero-order valence-electron chi connectivity index (χ0n) is 7.94. The molecule has 1 unspecified atom stereocenters. The number of rotatable bonds is 2. The largest absolute Gasteiger partial charge is 0.384 e. The van der Waals surface area contributed by atoms with E-state index in [2.05, 4.69) is 10.3 Å². The van der Waals surface area contributed by atoms with Crippen molar-refractivity contribution in [1.82, 2.24) is 15.0 Å². The molecule has 0 fully saturated rings. The molecule has 0 spiro atoms. The summed E-state index contributed by atoms with van der Waals surface area (Å²) in [4.78, 5) is 0. The van der Waals surface area contributed by atoms with Crippen LogP contribution >= 0.6 is 0 Å². The summed E-state index contributed by atoms with van der Waals surface area (Å²) in [5, 5.41) is 17.5. The summed E-state index contributed by atoms with van der Waals surface area (Å²) in [6.45, 7) is 5.70. The van der Waals surface area contributed by atoms with Gasteiger partial charge in [-0.2, -0.15) is 0 Å². The molecule has 0 aromatic carbocycles. The molecule has 0 radical (unpaired) electrons. The Kier molecular flexibility index (Phi) is 2.19. The summed E-state index contributed by atoms with van der Waals surface area (Å²) in [7, 11) is 1.78. The molecular formula is C8H15N3O. The van der Waals surface area contributed by atoms with Crippen molar-refractivity contribution >= 4 is 0 Å². The average Bonchev–Trinajstić information content (AvgIpc) is 2.35. The second-order valence-corrected chi connectivity index (χ2v) is 3.55. The number of aryl methyl sites for hydroxylation is 1. The van der Waals surface area contributed by atoms with Gasteiger partial charge in [0.15, 0.2) is 0 Å². The van der Waals surface area contributed by atoms with Crippen LogP contribution in [-0.4, -0.2) is 20.1 Å². The predicted octanol–water partition coefficient (Wildman–Crippen LogP) is 0.679. The van der Waals surface area contributed by atoms with E-state index in [1.54, 1.807) is 24.9 Å². The summed E-state index contributed by atoms with van der Waals surface area (Å²) >= 11 is 0. The maximum Gasteiger partial charge on any atom is 0.107 e. The molecule has 1 atom stereocenters. The molecule has 0 aliphatic heterocycles. The lowest BCUT2D eigenvalue weighted by molar-refractivity contribution is 0.00139. The van der Waals surface area contributed by atoms with Gasteiger partial charge in [0.05, 0.1) is 11.9 Å². The van der Waals surface area contributed by atoms with Gasteiger partial charge in [-0.1, -0.05) is 19.1 Å². The Labute approximate surface area is 72.2 Å². The van der Waals surface area contributed by atoms with Crippen molar-refractivity contribution in [1.29, 1.82) is 0 Å². The minimum absolute atomic E-state index is 0.148. The molecule has 1 heterocycles. The van der Waals surface area contributed by atoms with Crippen LogP contribution in [0.4, 0.5) is 0 Å². The highest BCUT2D eigenvalue weighted by Crippen LogP contribution is 2.27. The van der Waals surface area contributed by atoms with E-state index in [1.165, 1.54) is 0 Å². The van der Waals surface area contributed by atoms with Gasteiger partial charge in [0, 0.05) is 7.05 Å². The van der Waals surface area contributed by atoms with Gasteiger partial charge in [0.25, 0.3) is 0 Å². The Morgan fingerprint density at radius 1 is 1.58 bits per heavy atom. The number of aliphatic hydroxyl groups is 1. The van der Waals surface area contributed by atoms with Crippen molar-refractivity contribution in [3.63, 3.8) is 0 Å². The smallest absolute Gasteiger partial charge is 0.107 e. The lowest BCUT2D eigenvalue weighted by Gasteiger charge is -2.26. The molecule has 4 heteroatoms. The monoisotopic (exact) mass is 169 g/mol. The lowest BCUT2D eigenvalue weighted by atomic mass is 9.89. The second kappa shape index (κ2) is 2.86. The fourth-order valence-corrected chi connectivity index (χ4v) is 1.04. The lowest BCUT2D eigenvalue weighted by Crippen LogP contribution is -2.30. The molecular weight excluding hydrogens is 154 g/mol. The number of nitrogens with zero attached hydrogens (tertiary/aromatic N) is 3. The first-order chi connectivity index (χ1) is 5.46. The van der Waals surface area contributed by atoms with Gasteiger partial charge < -0.3 is 5.11 Å². The SMILES string of the molecule is CC(C)C(C)(O)c1cnnn1C. The van der Waals surface area contributed by atoms with Crippen LogP contribution in [0.3, 0.4) is 0 Å². The van der Waals surface area contributed by atoms with E-state index in [-0.39, 0.29) is 5.92 Å². The summed E-state index contributed by atoms with van der Waals surface area (Å²) in [6, 6.07) is 0. The van der Waals surface area contributed by atoms with Crippen molar-refractivity contribution < 1.29 is 5.11 Å². The van der Waals surface area contributed by atoms with E-state index in [9.17, 15) is 5.11 Å². The third-order valence-corrected chi connectivity index (χ3v) is 2.36. The number of hydrogen-bond acceptors (Lipinski definition) is 3. The molecule has 68 valence electrons. The molecule has 0 amide bonds. The zero-order chi connectivity index (χ0) is 9.35. The van der Waals surface area contributed by atoms with Crippen molar-refractivity contribution in [2.45, 2.75) is 26.4 Å². The van der Waals surface area contributed by atoms with Crippen LogP contribution < -0.4 is 0 Å². The van der Waals surface area contributed by atoms with Crippen LogP contribution in [0.5, 0.6) is 0 Å². The summed E-state index contributed by atoms with van der Waals surface area (Å²) in [5.74, 6) is 0.148. The highest BCUT2D eigenvalue weighted by molar-refractivity contribution is 5.06. The summed E-state index contributed by atoms with van der Waals surface area (Å²) in [5.41, 5.74) is -0.101. The minimum atomic E-state index is -0.849. The van der Waals surface area contributed by atoms with Gasteiger partial charge in [-0.3, -0.25) is 0 Å². The van der Waals surface area contributed by atoms with E-state index in [1.807, 2.05) is 13.8 Å². The Balaban J connectivity index is 3.05. The normalized spacial score (nSPS) is 16.5. The third-order valence-electron chi connectivity index (χ3n) is 2.36.